The molecule has 110 valence electrons. The van der Waals surface area contributed by atoms with E-state index in [2.05, 4.69) is 0 Å². The average molecular weight is 315 g/mol. The number of halogens is 4. The van der Waals surface area contributed by atoms with Crippen molar-refractivity contribution in [2.75, 3.05) is 0 Å². The van der Waals surface area contributed by atoms with Gasteiger partial charge < -0.3 is 5.11 Å². The first kappa shape index (κ1) is 15.4. The van der Waals surface area contributed by atoms with Gasteiger partial charge in [-0.1, -0.05) is 54.1 Å². The predicted molar refractivity (Wildman–Crippen MR) is 72.2 cm³/mol. The molecule has 1 N–H and O–H groups in total. The number of benzene rings is 2. The molecule has 0 radical (unpaired) electrons. The van der Waals surface area contributed by atoms with Crippen LogP contribution in [0.1, 0.15) is 16.7 Å². The third kappa shape index (κ3) is 2.88. The van der Waals surface area contributed by atoms with Crippen LogP contribution in [0.2, 0.25) is 0 Å². The monoisotopic (exact) mass is 314 g/mol. The number of alkyl halides is 4. The van der Waals surface area contributed by atoms with Crippen molar-refractivity contribution in [3.63, 3.8) is 0 Å². The van der Waals surface area contributed by atoms with Gasteiger partial charge in [0.1, 0.15) is 0 Å². The lowest BCUT2D eigenvalue weighted by Crippen LogP contribution is -2.31. The summed E-state index contributed by atoms with van der Waals surface area (Å²) in [4.78, 5) is 9.50. The van der Waals surface area contributed by atoms with E-state index in [-0.39, 0.29) is 11.1 Å². The maximum atomic E-state index is 12.8. The highest BCUT2D eigenvalue weighted by molar-refractivity contribution is 6.35. The fraction of sp³-hybridized carbons (Fsp3) is 0.133. The van der Waals surface area contributed by atoms with E-state index in [1.54, 1.807) is 18.2 Å². The zero-order valence-corrected chi connectivity index (χ0v) is 11.3. The molecule has 2 aromatic rings. The van der Waals surface area contributed by atoms with E-state index in [0.717, 1.165) is 18.2 Å². The Morgan fingerprint density at radius 1 is 0.905 bits per heavy atom. The van der Waals surface area contributed by atoms with Crippen molar-refractivity contribution in [2.24, 2.45) is 0 Å². The van der Waals surface area contributed by atoms with Crippen molar-refractivity contribution in [1.29, 1.82) is 0 Å². The summed E-state index contributed by atoms with van der Waals surface area (Å²) in [6.45, 7) is 0. The molecule has 0 fully saturated rings. The molecule has 6 heteroatoms. The molecule has 2 rings (SSSR count). The minimum Gasteiger partial charge on any atom is -0.479 e. The summed E-state index contributed by atoms with van der Waals surface area (Å²) >= 11 is 6.18. The molecule has 2 aromatic carbocycles. The van der Waals surface area contributed by atoms with E-state index in [9.17, 15) is 23.1 Å². The van der Waals surface area contributed by atoms with Gasteiger partial charge in [0.2, 0.25) is 0 Å². The topological polar surface area (TPSA) is 37.3 Å². The Labute approximate surface area is 123 Å². The zero-order valence-electron chi connectivity index (χ0n) is 10.6. The van der Waals surface area contributed by atoms with Gasteiger partial charge in [0.25, 0.3) is 0 Å². The molecule has 21 heavy (non-hydrogen) atoms. The van der Waals surface area contributed by atoms with E-state index < -0.39 is 22.6 Å². The Balaban J connectivity index is 2.62. The Hall–Kier alpha value is -2.01. The van der Waals surface area contributed by atoms with E-state index in [1.165, 1.54) is 18.2 Å². The van der Waals surface area contributed by atoms with E-state index in [4.69, 9.17) is 11.6 Å². The largest absolute Gasteiger partial charge is 0.479 e. The fourth-order valence-corrected chi connectivity index (χ4v) is 2.23. The number of hydrogen-bond acceptors (Lipinski definition) is 1. The second-order valence-electron chi connectivity index (χ2n) is 4.41. The minimum absolute atomic E-state index is 0.141. The second kappa shape index (κ2) is 5.41. The van der Waals surface area contributed by atoms with Gasteiger partial charge in [-0.05, 0) is 23.3 Å². The van der Waals surface area contributed by atoms with Crippen LogP contribution in [0.15, 0.2) is 54.6 Å². The van der Waals surface area contributed by atoms with Crippen LogP contribution in [-0.4, -0.2) is 11.1 Å². The molecule has 0 amide bonds. The summed E-state index contributed by atoms with van der Waals surface area (Å²) in [7, 11) is 0. The third-order valence-corrected chi connectivity index (χ3v) is 3.65. The van der Waals surface area contributed by atoms with E-state index >= 15 is 0 Å². The standard InChI is InChI=1S/C15H10ClF3O2/c16-14(13(20)21,10-5-2-1-3-6-10)11-7-4-8-12(9-11)15(17,18)19/h1-9H,(H,20,21). The van der Waals surface area contributed by atoms with Gasteiger partial charge in [-0.15, -0.1) is 0 Å². The van der Waals surface area contributed by atoms with Crippen LogP contribution in [0.3, 0.4) is 0 Å². The first-order chi connectivity index (χ1) is 9.76. The number of aliphatic carboxylic acids is 1. The molecule has 0 heterocycles. The van der Waals surface area contributed by atoms with E-state index in [1.807, 2.05) is 0 Å². The van der Waals surface area contributed by atoms with Crippen LogP contribution in [0.4, 0.5) is 13.2 Å². The van der Waals surface area contributed by atoms with Crippen molar-refractivity contribution in [3.8, 4) is 0 Å². The molecule has 0 aliphatic heterocycles. The summed E-state index contributed by atoms with van der Waals surface area (Å²) in [6, 6.07) is 11.8. The Bertz CT molecular complexity index is 655. The molecule has 1 unspecified atom stereocenters. The number of carbonyl (C=O) groups is 1. The van der Waals surface area contributed by atoms with Gasteiger partial charge in [-0.25, -0.2) is 4.79 Å². The third-order valence-electron chi connectivity index (χ3n) is 3.05. The van der Waals surface area contributed by atoms with Crippen molar-refractivity contribution in [1.82, 2.24) is 0 Å². The molecule has 0 spiro atoms. The van der Waals surface area contributed by atoms with Crippen LogP contribution < -0.4 is 0 Å². The maximum absolute atomic E-state index is 12.8. The normalized spacial score (nSPS) is 14.5. The van der Waals surface area contributed by atoms with Crippen LogP contribution in [0.25, 0.3) is 0 Å². The summed E-state index contributed by atoms with van der Waals surface area (Å²) in [5, 5.41) is 9.42. The fourth-order valence-electron chi connectivity index (χ4n) is 1.99. The Morgan fingerprint density at radius 2 is 1.43 bits per heavy atom. The molecule has 0 saturated heterocycles. The molecular formula is C15H10ClF3O2. The number of carboxylic acids is 1. The second-order valence-corrected chi connectivity index (χ2v) is 4.98. The van der Waals surface area contributed by atoms with Crippen LogP contribution in [0.5, 0.6) is 0 Å². The smallest absolute Gasteiger partial charge is 0.416 e. The first-order valence-electron chi connectivity index (χ1n) is 5.92. The Morgan fingerprint density at radius 3 is 1.95 bits per heavy atom. The van der Waals surface area contributed by atoms with Gasteiger partial charge >= 0.3 is 12.1 Å². The summed E-state index contributed by atoms with van der Waals surface area (Å²) < 4.78 is 38.3. The molecule has 2 nitrogen and oxygen atoms in total. The lowest BCUT2D eigenvalue weighted by Gasteiger charge is -2.24. The van der Waals surface area contributed by atoms with Crippen molar-refractivity contribution in [3.05, 3.63) is 71.3 Å². The van der Waals surface area contributed by atoms with Gasteiger partial charge in [0.05, 0.1) is 5.56 Å². The number of rotatable bonds is 3. The van der Waals surface area contributed by atoms with Crippen LogP contribution in [0, 0.1) is 0 Å². The molecule has 0 aromatic heterocycles. The summed E-state index contributed by atoms with van der Waals surface area (Å²) in [5.74, 6) is -1.44. The maximum Gasteiger partial charge on any atom is 0.416 e. The van der Waals surface area contributed by atoms with Crippen LogP contribution in [-0.2, 0) is 15.8 Å². The zero-order chi connectivity index (χ0) is 15.7. The van der Waals surface area contributed by atoms with Gasteiger partial charge in [-0.2, -0.15) is 13.2 Å². The van der Waals surface area contributed by atoms with Crippen molar-refractivity contribution < 1.29 is 23.1 Å². The molecular weight excluding hydrogens is 305 g/mol. The highest BCUT2D eigenvalue weighted by atomic mass is 35.5. The molecule has 0 bridgehead atoms. The van der Waals surface area contributed by atoms with E-state index in [0.29, 0.717) is 0 Å². The predicted octanol–water partition coefficient (Wildman–Crippen LogP) is 4.27. The van der Waals surface area contributed by atoms with Gasteiger partial charge in [-0.3, -0.25) is 0 Å². The lowest BCUT2D eigenvalue weighted by molar-refractivity contribution is -0.140. The van der Waals surface area contributed by atoms with Gasteiger partial charge in [0, 0.05) is 0 Å². The molecule has 0 aliphatic carbocycles. The first-order valence-corrected chi connectivity index (χ1v) is 6.29. The number of carboxylic acid groups (broad SMARTS) is 1. The summed E-state index contributed by atoms with van der Waals surface area (Å²) in [6.07, 6.45) is -4.57. The van der Waals surface area contributed by atoms with Crippen molar-refractivity contribution in [2.45, 2.75) is 11.1 Å². The molecule has 0 aliphatic rings. The Kier molecular flexibility index (Phi) is 3.96. The molecule has 0 saturated carbocycles. The summed E-state index contributed by atoms with van der Waals surface area (Å²) in [5.41, 5.74) is -0.890. The average Bonchev–Trinajstić information content (AvgIpc) is 2.46. The SMILES string of the molecule is O=C(O)C(Cl)(c1ccccc1)c1cccc(C(F)(F)F)c1. The molecule has 1 atom stereocenters. The van der Waals surface area contributed by atoms with Crippen molar-refractivity contribution >= 4 is 17.6 Å². The lowest BCUT2D eigenvalue weighted by atomic mass is 9.89. The van der Waals surface area contributed by atoms with Gasteiger partial charge in [0.15, 0.2) is 4.87 Å². The minimum atomic E-state index is -4.57. The number of hydrogen-bond donors (Lipinski definition) is 1. The quantitative estimate of drug-likeness (QED) is 0.859. The van der Waals surface area contributed by atoms with Crippen LogP contribution >= 0.6 is 11.6 Å². The highest BCUT2D eigenvalue weighted by Gasteiger charge is 2.41. The highest BCUT2D eigenvalue weighted by Crippen LogP contribution is 2.39.